The van der Waals surface area contributed by atoms with Crippen LogP contribution in [0, 0.1) is 10.1 Å². The number of hydrogen-bond acceptors (Lipinski definition) is 7. The molecule has 4 aromatic carbocycles. The van der Waals surface area contributed by atoms with Gasteiger partial charge in [0.1, 0.15) is 18.2 Å². The highest BCUT2D eigenvalue weighted by molar-refractivity contribution is 5.88. The first-order valence-electron chi connectivity index (χ1n) is 11.5. The number of fused-ring (bicyclic) bond motifs is 2. The number of anilines is 1. The van der Waals surface area contributed by atoms with Crippen molar-refractivity contribution in [1.29, 1.82) is 0 Å². The number of nitro benzene ring substituents is 1. The maximum absolute atomic E-state index is 12.4. The summed E-state index contributed by atoms with van der Waals surface area (Å²) < 4.78 is 2.88. The number of nitro groups is 1. The molecule has 0 fully saturated rings. The van der Waals surface area contributed by atoms with Crippen LogP contribution in [0.3, 0.4) is 0 Å². The standard InChI is InChI=1S/C14H9N3O3.C14H11N3O/c18-14-11-7-4-8-12(17(19)20)13(11)15-9-16(14)10-5-2-1-3-6-10;15-12-8-4-7-11-13(12)16-9-17(14(11)18)10-5-2-1-3-6-10/h1-9H;1-9H,15H2. The van der Waals surface area contributed by atoms with E-state index in [1.165, 1.54) is 40.0 Å². The van der Waals surface area contributed by atoms with E-state index in [0.29, 0.717) is 22.3 Å². The fourth-order valence-electron chi connectivity index (χ4n) is 4.01. The van der Waals surface area contributed by atoms with E-state index in [-0.39, 0.29) is 27.7 Å². The molecular formula is C28H20N6O4. The summed E-state index contributed by atoms with van der Waals surface area (Å²) in [6.45, 7) is 0. The predicted octanol–water partition coefficient (Wildman–Crippen LogP) is 4.26. The maximum Gasteiger partial charge on any atom is 0.295 e. The lowest BCUT2D eigenvalue weighted by atomic mass is 10.2. The molecule has 0 spiro atoms. The quantitative estimate of drug-likeness (QED) is 0.216. The molecule has 38 heavy (non-hydrogen) atoms. The Bertz CT molecular complexity index is 1900. The van der Waals surface area contributed by atoms with Crippen molar-refractivity contribution in [3.05, 3.63) is 141 Å². The van der Waals surface area contributed by atoms with Crippen molar-refractivity contribution in [3.8, 4) is 11.4 Å². The normalized spacial score (nSPS) is 10.6. The van der Waals surface area contributed by atoms with E-state index >= 15 is 0 Å². The van der Waals surface area contributed by atoms with Gasteiger partial charge in [-0.15, -0.1) is 0 Å². The average Bonchev–Trinajstić information content (AvgIpc) is 2.95. The summed E-state index contributed by atoms with van der Waals surface area (Å²) in [4.78, 5) is 43.5. The molecule has 0 aliphatic carbocycles. The Hall–Kier alpha value is -5.64. The van der Waals surface area contributed by atoms with Gasteiger partial charge in [-0.05, 0) is 42.5 Å². The van der Waals surface area contributed by atoms with Crippen LogP contribution in [0.4, 0.5) is 11.4 Å². The zero-order valence-corrected chi connectivity index (χ0v) is 19.8. The van der Waals surface area contributed by atoms with Crippen molar-refractivity contribution < 1.29 is 4.92 Å². The van der Waals surface area contributed by atoms with Gasteiger partial charge in [-0.25, -0.2) is 9.97 Å². The van der Waals surface area contributed by atoms with Gasteiger partial charge in [0.05, 0.1) is 32.8 Å². The van der Waals surface area contributed by atoms with Crippen molar-refractivity contribution in [1.82, 2.24) is 19.1 Å². The molecular weight excluding hydrogens is 484 g/mol. The molecule has 0 saturated carbocycles. The van der Waals surface area contributed by atoms with E-state index in [2.05, 4.69) is 9.97 Å². The molecule has 0 saturated heterocycles. The first kappa shape index (κ1) is 24.1. The summed E-state index contributed by atoms with van der Waals surface area (Å²) in [5.41, 5.74) is 7.83. The molecule has 0 aliphatic rings. The molecule has 10 nitrogen and oxygen atoms in total. The number of non-ortho nitro benzene ring substituents is 1. The summed E-state index contributed by atoms with van der Waals surface area (Å²) in [6, 6.07) is 28.0. The number of aromatic nitrogens is 4. The van der Waals surface area contributed by atoms with Gasteiger partial charge >= 0.3 is 0 Å². The fourth-order valence-corrected chi connectivity index (χ4v) is 4.01. The molecule has 6 rings (SSSR count). The minimum atomic E-state index is -0.540. The first-order chi connectivity index (χ1) is 18.5. The van der Waals surface area contributed by atoms with Crippen LogP contribution in [0.25, 0.3) is 33.2 Å². The van der Waals surface area contributed by atoms with Gasteiger partial charge in [0.25, 0.3) is 16.8 Å². The van der Waals surface area contributed by atoms with Crippen molar-refractivity contribution in [3.63, 3.8) is 0 Å². The molecule has 2 aromatic heterocycles. The van der Waals surface area contributed by atoms with Crippen LogP contribution in [0.1, 0.15) is 0 Å². The zero-order valence-electron chi connectivity index (χ0n) is 19.8. The molecule has 186 valence electrons. The largest absolute Gasteiger partial charge is 0.397 e. The summed E-state index contributed by atoms with van der Waals surface area (Å²) in [6.07, 6.45) is 2.82. The molecule has 2 N–H and O–H groups in total. The van der Waals surface area contributed by atoms with E-state index < -0.39 is 4.92 Å². The Morgan fingerprint density at radius 1 is 0.632 bits per heavy atom. The molecule has 2 heterocycles. The Morgan fingerprint density at radius 2 is 1.11 bits per heavy atom. The molecule has 0 aliphatic heterocycles. The highest BCUT2D eigenvalue weighted by Crippen LogP contribution is 2.21. The second kappa shape index (κ2) is 10.2. The highest BCUT2D eigenvalue weighted by Gasteiger charge is 2.15. The number of nitrogens with zero attached hydrogens (tertiary/aromatic N) is 5. The van der Waals surface area contributed by atoms with Gasteiger partial charge in [-0.2, -0.15) is 0 Å². The van der Waals surface area contributed by atoms with Crippen molar-refractivity contribution >= 4 is 33.2 Å². The average molecular weight is 505 g/mol. The molecule has 0 atom stereocenters. The number of benzene rings is 4. The SMILES string of the molecule is Nc1cccc2c(=O)n(-c3ccccc3)cnc12.O=c1c2cccc([N+](=O)[O-])c2ncn1-c1ccccc1. The predicted molar refractivity (Wildman–Crippen MR) is 146 cm³/mol. The summed E-state index contributed by atoms with van der Waals surface area (Å²) in [7, 11) is 0. The van der Waals surface area contributed by atoms with E-state index in [0.717, 1.165) is 5.69 Å². The molecule has 0 bridgehead atoms. The topological polar surface area (TPSA) is 139 Å². The van der Waals surface area contributed by atoms with Gasteiger partial charge in [-0.3, -0.25) is 28.8 Å². The zero-order chi connectivity index (χ0) is 26.6. The Balaban J connectivity index is 0.000000156. The van der Waals surface area contributed by atoms with Crippen LogP contribution >= 0.6 is 0 Å². The van der Waals surface area contributed by atoms with Crippen LogP contribution in [0.2, 0.25) is 0 Å². The van der Waals surface area contributed by atoms with E-state index in [9.17, 15) is 19.7 Å². The minimum absolute atomic E-state index is 0.106. The lowest BCUT2D eigenvalue weighted by Gasteiger charge is -2.07. The lowest BCUT2D eigenvalue weighted by Crippen LogP contribution is -2.19. The number of para-hydroxylation sites is 4. The summed E-state index contributed by atoms with van der Waals surface area (Å²) in [5.74, 6) is 0. The number of rotatable bonds is 3. The number of nitrogen functional groups attached to an aromatic ring is 1. The Labute approximate surface area is 215 Å². The lowest BCUT2D eigenvalue weighted by molar-refractivity contribution is -0.383. The van der Waals surface area contributed by atoms with E-state index in [1.807, 2.05) is 36.4 Å². The third kappa shape index (κ3) is 4.49. The second-order valence-electron chi connectivity index (χ2n) is 8.18. The van der Waals surface area contributed by atoms with E-state index in [1.54, 1.807) is 42.5 Å². The fraction of sp³-hybridized carbons (Fsp3) is 0. The molecule has 10 heteroatoms. The maximum atomic E-state index is 12.4. The van der Waals surface area contributed by atoms with Crippen LogP contribution < -0.4 is 16.9 Å². The third-order valence-electron chi connectivity index (χ3n) is 5.85. The van der Waals surface area contributed by atoms with Gasteiger partial charge < -0.3 is 5.73 Å². The monoisotopic (exact) mass is 504 g/mol. The second-order valence-corrected chi connectivity index (χ2v) is 8.18. The van der Waals surface area contributed by atoms with E-state index in [4.69, 9.17) is 5.73 Å². The molecule has 0 unspecified atom stereocenters. The smallest absolute Gasteiger partial charge is 0.295 e. The van der Waals surface area contributed by atoms with Crippen molar-refractivity contribution in [2.24, 2.45) is 0 Å². The van der Waals surface area contributed by atoms with Gasteiger partial charge in [0.15, 0.2) is 5.52 Å². The third-order valence-corrected chi connectivity index (χ3v) is 5.85. The number of hydrogen-bond donors (Lipinski definition) is 1. The van der Waals surface area contributed by atoms with Crippen LogP contribution in [0.15, 0.2) is 119 Å². The Kier molecular flexibility index (Phi) is 6.43. The van der Waals surface area contributed by atoms with Crippen LogP contribution in [-0.4, -0.2) is 24.0 Å². The van der Waals surface area contributed by atoms with Crippen LogP contribution in [-0.2, 0) is 0 Å². The summed E-state index contributed by atoms with van der Waals surface area (Å²) in [5, 5.41) is 11.7. The molecule has 6 aromatic rings. The summed E-state index contributed by atoms with van der Waals surface area (Å²) >= 11 is 0. The molecule has 0 amide bonds. The number of nitrogens with two attached hydrogens (primary N) is 1. The minimum Gasteiger partial charge on any atom is -0.397 e. The van der Waals surface area contributed by atoms with Crippen LogP contribution in [0.5, 0.6) is 0 Å². The molecule has 0 radical (unpaired) electrons. The van der Waals surface area contributed by atoms with Crippen molar-refractivity contribution in [2.45, 2.75) is 0 Å². The first-order valence-corrected chi connectivity index (χ1v) is 11.5. The highest BCUT2D eigenvalue weighted by atomic mass is 16.6. The van der Waals surface area contributed by atoms with Crippen molar-refractivity contribution in [2.75, 3.05) is 5.73 Å². The Morgan fingerprint density at radius 3 is 1.63 bits per heavy atom. The van der Waals surface area contributed by atoms with Gasteiger partial charge in [0, 0.05) is 6.07 Å². The van der Waals surface area contributed by atoms with Gasteiger partial charge in [-0.1, -0.05) is 48.5 Å². The van der Waals surface area contributed by atoms with Gasteiger partial charge in [0.2, 0.25) is 0 Å².